The maximum atomic E-state index is 4.50. The van der Waals surface area contributed by atoms with Gasteiger partial charge in [0.15, 0.2) is 0 Å². The van der Waals surface area contributed by atoms with Gasteiger partial charge >= 0.3 is 0 Å². The first-order valence-corrected chi connectivity index (χ1v) is 6.68. The largest absolute Gasteiger partial charge is 0.312 e. The first-order valence-electron chi connectivity index (χ1n) is 6.38. The predicted octanol–water partition coefficient (Wildman–Crippen LogP) is 3.79. The van der Waals surface area contributed by atoms with Crippen LogP contribution in [0.2, 0.25) is 0 Å². The first kappa shape index (κ1) is 14.1. The highest BCUT2D eigenvalue weighted by Crippen LogP contribution is 2.23. The summed E-state index contributed by atoms with van der Waals surface area (Å²) < 4.78 is 3.72. The van der Waals surface area contributed by atoms with Crippen LogP contribution in [0.25, 0.3) is 11.1 Å². The van der Waals surface area contributed by atoms with E-state index in [2.05, 4.69) is 70.0 Å². The normalized spacial score (nSPS) is 13.2. The molecule has 0 radical (unpaired) electrons. The average Bonchev–Trinajstić information content (AvgIpc) is 2.48. The van der Waals surface area contributed by atoms with Crippen molar-refractivity contribution in [1.82, 2.24) is 5.32 Å². The molecule has 100 valence electrons. The van der Waals surface area contributed by atoms with E-state index in [9.17, 15) is 0 Å². The molecule has 0 aliphatic carbocycles. The van der Waals surface area contributed by atoms with Crippen LogP contribution in [0, 0.1) is 0 Å². The van der Waals surface area contributed by atoms with Gasteiger partial charge in [-0.2, -0.15) is 0 Å². The minimum atomic E-state index is 1.02. The molecule has 3 rings (SSSR count). The van der Waals surface area contributed by atoms with Crippen LogP contribution >= 0.6 is 11.9 Å². The Morgan fingerprint density at radius 2 is 1.74 bits per heavy atom. The van der Waals surface area contributed by atoms with Crippen molar-refractivity contribution in [3.63, 3.8) is 0 Å². The molecular weight excluding hydrogens is 258 g/mol. The Morgan fingerprint density at radius 1 is 1.00 bits per heavy atom. The van der Waals surface area contributed by atoms with E-state index in [-0.39, 0.29) is 0 Å². The standard InChI is InChI=1S/C15H15N.CH3ClO/c1-2-4-12(5-3-1)13-6-7-15-11-16-9-8-14(15)10-13;1-3-2/h1-7,10,16H,8-9,11H2;1H3. The molecule has 0 saturated carbocycles. The lowest BCUT2D eigenvalue weighted by Gasteiger charge is -2.17. The molecule has 0 aromatic heterocycles. The van der Waals surface area contributed by atoms with Gasteiger partial charge in [0.2, 0.25) is 0 Å². The quantitative estimate of drug-likeness (QED) is 0.855. The Labute approximate surface area is 119 Å². The number of halogens is 1. The van der Waals surface area contributed by atoms with Crippen LogP contribution in [0.4, 0.5) is 0 Å². The van der Waals surface area contributed by atoms with Crippen molar-refractivity contribution in [2.24, 2.45) is 0 Å². The lowest BCUT2D eigenvalue weighted by Crippen LogP contribution is -2.23. The molecule has 2 aromatic carbocycles. The minimum Gasteiger partial charge on any atom is -0.312 e. The van der Waals surface area contributed by atoms with E-state index in [1.165, 1.54) is 29.4 Å². The molecule has 3 heteroatoms. The molecule has 1 N–H and O–H groups in total. The van der Waals surface area contributed by atoms with Crippen LogP contribution in [0.1, 0.15) is 11.1 Å². The Kier molecular flexibility index (Phi) is 5.40. The highest BCUT2D eigenvalue weighted by Gasteiger charge is 2.09. The van der Waals surface area contributed by atoms with E-state index in [1.807, 2.05) is 0 Å². The number of fused-ring (bicyclic) bond motifs is 1. The van der Waals surface area contributed by atoms with Crippen LogP contribution in [0.5, 0.6) is 0 Å². The van der Waals surface area contributed by atoms with Gasteiger partial charge in [-0.15, -0.1) is 0 Å². The van der Waals surface area contributed by atoms with E-state index < -0.39 is 0 Å². The molecule has 2 aromatic rings. The lowest BCUT2D eigenvalue weighted by molar-refractivity contribution is 0.463. The second kappa shape index (κ2) is 7.29. The summed E-state index contributed by atoms with van der Waals surface area (Å²) in [6, 6.07) is 17.4. The summed E-state index contributed by atoms with van der Waals surface area (Å²) in [5.74, 6) is 0. The highest BCUT2D eigenvalue weighted by molar-refractivity contribution is 6.07. The molecule has 0 saturated heterocycles. The average molecular weight is 276 g/mol. The zero-order valence-corrected chi connectivity index (χ0v) is 11.8. The number of benzene rings is 2. The first-order chi connectivity index (χ1) is 9.35. The SMILES string of the molecule is COCl.c1ccc(-c2ccc3c(c2)CCNC3)cc1. The smallest absolute Gasteiger partial charge is 0.0606 e. The fourth-order valence-corrected chi connectivity index (χ4v) is 2.29. The second-order valence-corrected chi connectivity index (χ2v) is 4.74. The van der Waals surface area contributed by atoms with Gasteiger partial charge in [-0.3, -0.25) is 4.29 Å². The van der Waals surface area contributed by atoms with E-state index >= 15 is 0 Å². The maximum absolute atomic E-state index is 4.50. The van der Waals surface area contributed by atoms with Crippen molar-refractivity contribution in [2.75, 3.05) is 13.7 Å². The van der Waals surface area contributed by atoms with E-state index in [4.69, 9.17) is 0 Å². The molecule has 0 bridgehead atoms. The van der Waals surface area contributed by atoms with Crippen LogP contribution in [-0.2, 0) is 17.3 Å². The van der Waals surface area contributed by atoms with Crippen molar-refractivity contribution in [3.05, 3.63) is 59.7 Å². The molecule has 2 nitrogen and oxygen atoms in total. The van der Waals surface area contributed by atoms with E-state index in [1.54, 1.807) is 0 Å². The fraction of sp³-hybridized carbons (Fsp3) is 0.250. The molecule has 0 amide bonds. The predicted molar refractivity (Wildman–Crippen MR) is 80.2 cm³/mol. The van der Waals surface area contributed by atoms with Crippen molar-refractivity contribution >= 4 is 11.9 Å². The number of rotatable bonds is 1. The third-order valence-corrected chi connectivity index (χ3v) is 3.20. The summed E-state index contributed by atoms with van der Waals surface area (Å²) in [6.07, 6.45) is 1.15. The van der Waals surface area contributed by atoms with Crippen LogP contribution < -0.4 is 5.32 Å². The Bertz CT molecular complexity index is 513. The van der Waals surface area contributed by atoms with Crippen molar-refractivity contribution in [3.8, 4) is 11.1 Å². The Hall–Kier alpha value is -1.35. The molecule has 1 aliphatic heterocycles. The summed E-state index contributed by atoms with van der Waals surface area (Å²) in [7, 11) is 1.39. The zero-order chi connectivity index (χ0) is 13.5. The summed E-state index contributed by atoms with van der Waals surface area (Å²) in [5.41, 5.74) is 5.59. The van der Waals surface area contributed by atoms with Crippen LogP contribution in [0.15, 0.2) is 48.5 Å². The van der Waals surface area contributed by atoms with Gasteiger partial charge in [0, 0.05) is 6.54 Å². The van der Waals surface area contributed by atoms with E-state index in [0.717, 1.165) is 19.5 Å². The number of hydrogen-bond acceptors (Lipinski definition) is 2. The van der Waals surface area contributed by atoms with Gasteiger partial charge < -0.3 is 5.32 Å². The third kappa shape index (κ3) is 3.80. The Morgan fingerprint density at radius 3 is 2.47 bits per heavy atom. The molecule has 0 atom stereocenters. The van der Waals surface area contributed by atoms with Crippen molar-refractivity contribution < 1.29 is 4.29 Å². The lowest BCUT2D eigenvalue weighted by atomic mass is 9.95. The van der Waals surface area contributed by atoms with Crippen molar-refractivity contribution in [2.45, 2.75) is 13.0 Å². The topological polar surface area (TPSA) is 21.3 Å². The molecule has 19 heavy (non-hydrogen) atoms. The molecule has 1 heterocycles. The van der Waals surface area contributed by atoms with E-state index in [0.29, 0.717) is 0 Å². The fourth-order valence-electron chi connectivity index (χ4n) is 2.29. The second-order valence-electron chi connectivity index (χ2n) is 4.43. The van der Waals surface area contributed by atoms with Gasteiger partial charge in [0.1, 0.15) is 0 Å². The summed E-state index contributed by atoms with van der Waals surface area (Å²) in [4.78, 5) is 0. The van der Waals surface area contributed by atoms with Crippen molar-refractivity contribution in [1.29, 1.82) is 0 Å². The zero-order valence-electron chi connectivity index (χ0n) is 11.0. The van der Waals surface area contributed by atoms with Gasteiger partial charge in [-0.1, -0.05) is 48.5 Å². The minimum absolute atomic E-state index is 1.02. The van der Waals surface area contributed by atoms with Gasteiger partial charge in [0.25, 0.3) is 0 Å². The summed E-state index contributed by atoms with van der Waals surface area (Å²) in [5, 5.41) is 3.40. The van der Waals surface area contributed by atoms with Crippen LogP contribution in [-0.4, -0.2) is 13.7 Å². The highest BCUT2D eigenvalue weighted by atomic mass is 35.5. The van der Waals surface area contributed by atoms with Gasteiger partial charge in [-0.05, 0) is 35.2 Å². The summed E-state index contributed by atoms with van der Waals surface area (Å²) in [6.45, 7) is 2.12. The molecule has 0 unspecified atom stereocenters. The maximum Gasteiger partial charge on any atom is 0.0606 e. The van der Waals surface area contributed by atoms with Gasteiger partial charge in [-0.25, -0.2) is 0 Å². The van der Waals surface area contributed by atoms with Crippen LogP contribution in [0.3, 0.4) is 0 Å². The number of nitrogens with one attached hydrogen (secondary N) is 1. The molecular formula is C16H18ClNO. The number of hydrogen-bond donors (Lipinski definition) is 1. The van der Waals surface area contributed by atoms with Gasteiger partial charge in [0.05, 0.1) is 19.0 Å². The molecule has 0 spiro atoms. The summed E-state index contributed by atoms with van der Waals surface area (Å²) >= 11 is 4.50. The monoisotopic (exact) mass is 275 g/mol. The molecule has 1 aliphatic rings. The third-order valence-electron chi connectivity index (χ3n) is 3.20. The molecule has 0 fully saturated rings. The Balaban J connectivity index is 0.000000408.